The van der Waals surface area contributed by atoms with Crippen LogP contribution < -0.4 is 5.32 Å². The van der Waals surface area contributed by atoms with Crippen molar-refractivity contribution in [2.24, 2.45) is 0 Å². The van der Waals surface area contributed by atoms with E-state index >= 15 is 0 Å². The van der Waals surface area contributed by atoms with Gasteiger partial charge < -0.3 is 10.1 Å². The largest absolute Gasteiger partial charge is 0.385 e. The van der Waals surface area contributed by atoms with Gasteiger partial charge in [-0.2, -0.15) is 5.10 Å². The van der Waals surface area contributed by atoms with E-state index in [1.54, 1.807) is 7.11 Å². The van der Waals surface area contributed by atoms with Crippen molar-refractivity contribution in [2.75, 3.05) is 20.8 Å². The number of fused-ring (bicyclic) bond motifs is 1. The third kappa shape index (κ3) is 3.38. The fourth-order valence-corrected chi connectivity index (χ4v) is 2.64. The van der Waals surface area contributed by atoms with Crippen LogP contribution in [-0.2, 0) is 17.7 Å². The summed E-state index contributed by atoms with van der Waals surface area (Å²) in [6, 6.07) is 8.94. The van der Waals surface area contributed by atoms with E-state index in [2.05, 4.69) is 41.2 Å². The standard InChI is InChI=1S/C16H25N3O/c1-4-19-16-10-6-5-9-14(16)15(18-19)12-13(17-2)8-7-11-20-3/h5-6,9-10,13,17H,4,7-8,11-12H2,1-3H3. The molecule has 0 aliphatic carbocycles. The molecule has 0 saturated heterocycles. The van der Waals surface area contributed by atoms with E-state index in [9.17, 15) is 0 Å². The Morgan fingerprint density at radius 1 is 1.35 bits per heavy atom. The van der Waals surface area contributed by atoms with Crippen LogP contribution >= 0.6 is 0 Å². The summed E-state index contributed by atoms with van der Waals surface area (Å²) in [7, 11) is 3.78. The molecule has 1 N–H and O–H groups in total. The minimum Gasteiger partial charge on any atom is -0.385 e. The molecule has 0 aliphatic heterocycles. The lowest BCUT2D eigenvalue weighted by molar-refractivity contribution is 0.189. The van der Waals surface area contributed by atoms with Gasteiger partial charge in [0.05, 0.1) is 11.2 Å². The maximum atomic E-state index is 5.13. The molecule has 4 heteroatoms. The van der Waals surface area contributed by atoms with Crippen LogP contribution in [0.15, 0.2) is 24.3 Å². The minimum absolute atomic E-state index is 0.453. The molecule has 1 atom stereocenters. The maximum absolute atomic E-state index is 5.13. The molecular formula is C16H25N3O. The molecule has 1 heterocycles. The van der Waals surface area contributed by atoms with E-state index in [4.69, 9.17) is 9.84 Å². The highest BCUT2D eigenvalue weighted by Gasteiger charge is 2.14. The first-order chi connectivity index (χ1) is 9.80. The number of nitrogens with zero attached hydrogens (tertiary/aromatic N) is 2. The third-order valence-electron chi connectivity index (χ3n) is 3.78. The molecule has 2 aromatic rings. The number of hydrogen-bond donors (Lipinski definition) is 1. The van der Waals surface area contributed by atoms with E-state index in [0.717, 1.165) is 32.4 Å². The van der Waals surface area contributed by atoms with Gasteiger partial charge in [-0.1, -0.05) is 18.2 Å². The molecule has 0 aliphatic rings. The number of para-hydroxylation sites is 1. The van der Waals surface area contributed by atoms with Gasteiger partial charge >= 0.3 is 0 Å². The molecule has 0 spiro atoms. The summed E-state index contributed by atoms with van der Waals surface area (Å²) >= 11 is 0. The summed E-state index contributed by atoms with van der Waals surface area (Å²) in [5.74, 6) is 0. The predicted octanol–water partition coefficient (Wildman–Crippen LogP) is 2.61. The second-order valence-corrected chi connectivity index (χ2v) is 5.10. The topological polar surface area (TPSA) is 39.1 Å². The van der Waals surface area contributed by atoms with Crippen molar-refractivity contribution in [3.05, 3.63) is 30.0 Å². The molecular weight excluding hydrogens is 250 g/mol. The molecule has 0 bridgehead atoms. The van der Waals surface area contributed by atoms with Crippen molar-refractivity contribution in [3.63, 3.8) is 0 Å². The van der Waals surface area contributed by atoms with Crippen molar-refractivity contribution in [1.82, 2.24) is 15.1 Å². The Kier molecular flexibility index (Phi) is 5.56. The van der Waals surface area contributed by atoms with Crippen LogP contribution in [0.3, 0.4) is 0 Å². The van der Waals surface area contributed by atoms with Gasteiger partial charge in [-0.05, 0) is 32.9 Å². The van der Waals surface area contributed by atoms with Crippen molar-refractivity contribution in [3.8, 4) is 0 Å². The lowest BCUT2D eigenvalue weighted by atomic mass is 10.0. The maximum Gasteiger partial charge on any atom is 0.0718 e. The first-order valence-electron chi connectivity index (χ1n) is 7.40. The number of hydrogen-bond acceptors (Lipinski definition) is 3. The Bertz CT molecular complexity index is 536. The van der Waals surface area contributed by atoms with E-state index in [1.165, 1.54) is 16.6 Å². The van der Waals surface area contributed by atoms with Crippen molar-refractivity contribution >= 4 is 10.9 Å². The van der Waals surface area contributed by atoms with Crippen molar-refractivity contribution in [2.45, 2.75) is 38.8 Å². The lowest BCUT2D eigenvalue weighted by Crippen LogP contribution is -2.28. The molecule has 1 unspecified atom stereocenters. The van der Waals surface area contributed by atoms with Crippen LogP contribution in [0.25, 0.3) is 10.9 Å². The third-order valence-corrected chi connectivity index (χ3v) is 3.78. The molecule has 2 rings (SSSR count). The van der Waals surface area contributed by atoms with E-state index in [1.807, 2.05) is 7.05 Å². The van der Waals surface area contributed by atoms with E-state index in [0.29, 0.717) is 6.04 Å². The highest BCUT2D eigenvalue weighted by atomic mass is 16.5. The first kappa shape index (κ1) is 15.0. The van der Waals surface area contributed by atoms with Gasteiger partial charge in [0, 0.05) is 38.1 Å². The molecule has 1 aromatic carbocycles. The van der Waals surface area contributed by atoms with Crippen LogP contribution in [0.1, 0.15) is 25.5 Å². The average Bonchev–Trinajstić information content (AvgIpc) is 2.84. The van der Waals surface area contributed by atoms with Gasteiger partial charge in [-0.3, -0.25) is 4.68 Å². The number of benzene rings is 1. The Morgan fingerprint density at radius 3 is 2.85 bits per heavy atom. The van der Waals surface area contributed by atoms with Gasteiger partial charge in [0.2, 0.25) is 0 Å². The summed E-state index contributed by atoms with van der Waals surface area (Å²) in [5.41, 5.74) is 2.43. The Labute approximate surface area is 121 Å². The summed E-state index contributed by atoms with van der Waals surface area (Å²) in [6.07, 6.45) is 3.15. The molecule has 0 radical (unpaired) electrons. The highest BCUT2D eigenvalue weighted by Crippen LogP contribution is 2.20. The fourth-order valence-electron chi connectivity index (χ4n) is 2.64. The van der Waals surface area contributed by atoms with Gasteiger partial charge in [0.15, 0.2) is 0 Å². The average molecular weight is 275 g/mol. The Hall–Kier alpha value is -1.39. The Morgan fingerprint density at radius 2 is 2.15 bits per heavy atom. The number of likely N-dealkylation sites (N-methyl/N-ethyl adjacent to an activating group) is 1. The number of rotatable bonds is 8. The molecule has 0 saturated carbocycles. The van der Waals surface area contributed by atoms with Gasteiger partial charge in [-0.15, -0.1) is 0 Å². The lowest BCUT2D eigenvalue weighted by Gasteiger charge is -2.14. The molecule has 0 amide bonds. The monoisotopic (exact) mass is 275 g/mol. The summed E-state index contributed by atoms with van der Waals surface area (Å²) in [6.45, 7) is 3.87. The van der Waals surface area contributed by atoms with Gasteiger partial charge in [0.25, 0.3) is 0 Å². The van der Waals surface area contributed by atoms with Crippen LogP contribution in [-0.4, -0.2) is 36.6 Å². The zero-order valence-electron chi connectivity index (χ0n) is 12.7. The van der Waals surface area contributed by atoms with E-state index < -0.39 is 0 Å². The summed E-state index contributed by atoms with van der Waals surface area (Å²) < 4.78 is 7.22. The number of nitrogens with one attached hydrogen (secondary N) is 1. The smallest absolute Gasteiger partial charge is 0.0718 e. The van der Waals surface area contributed by atoms with Crippen LogP contribution in [0.2, 0.25) is 0 Å². The van der Waals surface area contributed by atoms with Crippen molar-refractivity contribution < 1.29 is 4.74 Å². The second kappa shape index (κ2) is 7.41. The highest BCUT2D eigenvalue weighted by molar-refractivity contribution is 5.82. The van der Waals surface area contributed by atoms with Crippen molar-refractivity contribution in [1.29, 1.82) is 0 Å². The van der Waals surface area contributed by atoms with Crippen LogP contribution in [0, 0.1) is 0 Å². The second-order valence-electron chi connectivity index (χ2n) is 5.10. The van der Waals surface area contributed by atoms with Gasteiger partial charge in [0.1, 0.15) is 0 Å². The minimum atomic E-state index is 0.453. The van der Waals surface area contributed by atoms with Crippen LogP contribution in [0.5, 0.6) is 0 Å². The zero-order chi connectivity index (χ0) is 14.4. The zero-order valence-corrected chi connectivity index (χ0v) is 12.7. The number of aryl methyl sites for hydroxylation is 1. The first-order valence-corrected chi connectivity index (χ1v) is 7.40. The van der Waals surface area contributed by atoms with Gasteiger partial charge in [-0.25, -0.2) is 0 Å². The summed E-state index contributed by atoms with van der Waals surface area (Å²) in [4.78, 5) is 0. The quantitative estimate of drug-likeness (QED) is 0.753. The van der Waals surface area contributed by atoms with Crippen LogP contribution in [0.4, 0.5) is 0 Å². The summed E-state index contributed by atoms with van der Waals surface area (Å²) in [5, 5.41) is 9.44. The number of aromatic nitrogens is 2. The predicted molar refractivity (Wildman–Crippen MR) is 83.1 cm³/mol. The van der Waals surface area contributed by atoms with E-state index in [-0.39, 0.29) is 0 Å². The Balaban J connectivity index is 2.15. The normalized spacial score (nSPS) is 12.9. The molecule has 4 nitrogen and oxygen atoms in total. The number of ether oxygens (including phenoxy) is 1. The molecule has 0 fully saturated rings. The number of methoxy groups -OCH3 is 1. The SMILES string of the molecule is CCn1nc(CC(CCCOC)NC)c2ccccc21. The fraction of sp³-hybridized carbons (Fsp3) is 0.562. The molecule has 20 heavy (non-hydrogen) atoms. The molecule has 1 aromatic heterocycles. The molecule has 110 valence electrons.